The maximum absolute atomic E-state index is 13.3. The van der Waals surface area contributed by atoms with E-state index in [9.17, 15) is 9.18 Å². The van der Waals surface area contributed by atoms with Gasteiger partial charge in [0.2, 0.25) is 0 Å². The number of likely N-dealkylation sites (tertiary alicyclic amines) is 1. The summed E-state index contributed by atoms with van der Waals surface area (Å²) in [4.78, 5) is 14.5. The molecule has 2 N–H and O–H groups in total. The van der Waals surface area contributed by atoms with E-state index < -0.39 is 0 Å². The Morgan fingerprint density at radius 1 is 1.39 bits per heavy atom. The molecule has 0 spiro atoms. The lowest BCUT2D eigenvalue weighted by Gasteiger charge is -2.24. The number of nitrogens with two attached hydrogens (primary N) is 1. The molecule has 1 fully saturated rings. The molecule has 1 atom stereocenters. The smallest absolute Gasteiger partial charge is 0.257 e. The molecule has 4 nitrogen and oxygen atoms in total. The van der Waals surface area contributed by atoms with Crippen molar-refractivity contribution < 1.29 is 13.6 Å². The molecule has 3 rings (SSSR count). The van der Waals surface area contributed by atoms with Crippen LogP contribution in [0.1, 0.15) is 34.5 Å². The quantitative estimate of drug-likeness (QED) is 0.931. The summed E-state index contributed by atoms with van der Waals surface area (Å²) in [5.41, 5.74) is 6.96. The van der Waals surface area contributed by atoms with Gasteiger partial charge in [0.15, 0.2) is 0 Å². The van der Waals surface area contributed by atoms with Crippen molar-refractivity contribution in [2.24, 2.45) is 5.73 Å². The molecule has 0 bridgehead atoms. The third kappa shape index (κ3) is 3.92. The van der Waals surface area contributed by atoms with E-state index in [-0.39, 0.29) is 36.7 Å². The van der Waals surface area contributed by atoms with Crippen LogP contribution in [-0.2, 0) is 13.0 Å². The van der Waals surface area contributed by atoms with Gasteiger partial charge in [-0.2, -0.15) is 0 Å². The lowest BCUT2D eigenvalue weighted by Crippen LogP contribution is -2.36. The minimum atomic E-state index is -0.240. The van der Waals surface area contributed by atoms with Crippen molar-refractivity contribution in [2.75, 3.05) is 6.54 Å². The average molecular weight is 339 g/mol. The second-order valence-corrected chi connectivity index (χ2v) is 5.63. The van der Waals surface area contributed by atoms with Crippen molar-refractivity contribution in [2.45, 2.75) is 31.8 Å². The molecule has 1 saturated heterocycles. The van der Waals surface area contributed by atoms with E-state index >= 15 is 0 Å². The van der Waals surface area contributed by atoms with Gasteiger partial charge in [-0.15, -0.1) is 12.4 Å². The number of carbonyl (C=O) groups is 1. The van der Waals surface area contributed by atoms with Crippen LogP contribution in [0.5, 0.6) is 0 Å². The Morgan fingerprint density at radius 3 is 2.91 bits per heavy atom. The standard InChI is InChI=1S/C17H19FN2O2.ClH/c18-14-4-1-3-12(7-14)8-15-5-2-6-20(15)17(21)13-9-16(10-19)22-11-13;/h1,3-4,7,9,11,15H,2,5-6,8,10,19H2;1H. The van der Waals surface area contributed by atoms with Crippen LogP contribution in [0, 0.1) is 5.82 Å². The summed E-state index contributed by atoms with van der Waals surface area (Å²) < 4.78 is 18.5. The lowest BCUT2D eigenvalue weighted by molar-refractivity contribution is 0.0736. The highest BCUT2D eigenvalue weighted by Crippen LogP contribution is 2.24. The van der Waals surface area contributed by atoms with E-state index in [1.807, 2.05) is 11.0 Å². The van der Waals surface area contributed by atoms with Crippen molar-refractivity contribution in [3.05, 3.63) is 59.3 Å². The highest BCUT2D eigenvalue weighted by Gasteiger charge is 2.30. The third-order valence-electron chi connectivity index (χ3n) is 4.10. The fraction of sp³-hybridized carbons (Fsp3) is 0.353. The second kappa shape index (κ2) is 7.62. The summed E-state index contributed by atoms with van der Waals surface area (Å²) in [6, 6.07) is 8.36. The van der Waals surface area contributed by atoms with Crippen LogP contribution in [0.4, 0.5) is 4.39 Å². The maximum Gasteiger partial charge on any atom is 0.257 e. The Labute approximate surface area is 140 Å². The number of hydrogen-bond acceptors (Lipinski definition) is 3. The first-order chi connectivity index (χ1) is 10.7. The summed E-state index contributed by atoms with van der Waals surface area (Å²) >= 11 is 0. The molecule has 1 aromatic heterocycles. The van der Waals surface area contributed by atoms with Gasteiger partial charge >= 0.3 is 0 Å². The van der Waals surface area contributed by atoms with Gasteiger partial charge in [0.1, 0.15) is 17.8 Å². The highest BCUT2D eigenvalue weighted by atomic mass is 35.5. The molecule has 2 heterocycles. The van der Waals surface area contributed by atoms with Crippen molar-refractivity contribution >= 4 is 18.3 Å². The predicted octanol–water partition coefficient (Wildman–Crippen LogP) is 3.15. The number of nitrogens with zero attached hydrogens (tertiary/aromatic N) is 1. The topological polar surface area (TPSA) is 59.5 Å². The Bertz CT molecular complexity index is 674. The summed E-state index contributed by atoms with van der Waals surface area (Å²) in [5.74, 6) is 0.322. The molecule has 1 amide bonds. The van der Waals surface area contributed by atoms with Gasteiger partial charge in [0, 0.05) is 12.6 Å². The Kier molecular flexibility index (Phi) is 5.80. The zero-order valence-corrected chi connectivity index (χ0v) is 13.5. The minimum absolute atomic E-state index is 0. The lowest BCUT2D eigenvalue weighted by atomic mass is 10.0. The first-order valence-corrected chi connectivity index (χ1v) is 7.50. The van der Waals surface area contributed by atoms with Crippen LogP contribution in [0.15, 0.2) is 41.0 Å². The maximum atomic E-state index is 13.3. The largest absolute Gasteiger partial charge is 0.467 e. The van der Waals surface area contributed by atoms with Gasteiger partial charge in [-0.1, -0.05) is 12.1 Å². The average Bonchev–Trinajstić information content (AvgIpc) is 3.15. The van der Waals surface area contributed by atoms with E-state index in [2.05, 4.69) is 0 Å². The van der Waals surface area contributed by atoms with Gasteiger partial charge in [-0.3, -0.25) is 4.79 Å². The first kappa shape index (κ1) is 17.5. The fourth-order valence-corrected chi connectivity index (χ4v) is 3.02. The summed E-state index contributed by atoms with van der Waals surface area (Å²) in [6.07, 6.45) is 4.03. The van der Waals surface area contributed by atoms with Gasteiger partial charge < -0.3 is 15.1 Å². The monoisotopic (exact) mass is 338 g/mol. The van der Waals surface area contributed by atoms with E-state index in [1.54, 1.807) is 12.1 Å². The zero-order chi connectivity index (χ0) is 15.5. The van der Waals surface area contributed by atoms with Crippen molar-refractivity contribution in [3.63, 3.8) is 0 Å². The number of rotatable bonds is 4. The minimum Gasteiger partial charge on any atom is -0.467 e. The number of benzene rings is 1. The Morgan fingerprint density at radius 2 is 2.22 bits per heavy atom. The highest BCUT2D eigenvalue weighted by molar-refractivity contribution is 5.94. The molecule has 1 aliphatic rings. The fourth-order valence-electron chi connectivity index (χ4n) is 3.02. The molecular weight excluding hydrogens is 319 g/mol. The SMILES string of the molecule is Cl.NCc1cc(C(=O)N2CCCC2Cc2cccc(F)c2)co1. The molecule has 0 radical (unpaired) electrons. The molecule has 1 aliphatic heterocycles. The number of carbonyl (C=O) groups excluding carboxylic acids is 1. The number of hydrogen-bond donors (Lipinski definition) is 1. The van der Waals surface area contributed by atoms with E-state index in [1.165, 1.54) is 18.4 Å². The van der Waals surface area contributed by atoms with Gasteiger partial charge in [0.05, 0.1) is 12.1 Å². The molecule has 0 saturated carbocycles. The Hall–Kier alpha value is -1.85. The molecule has 0 aliphatic carbocycles. The van der Waals surface area contributed by atoms with E-state index in [0.29, 0.717) is 17.7 Å². The van der Waals surface area contributed by atoms with Crippen LogP contribution in [0.25, 0.3) is 0 Å². The molecule has 1 aromatic carbocycles. The molecular formula is C17H20ClFN2O2. The second-order valence-electron chi connectivity index (χ2n) is 5.63. The zero-order valence-electron chi connectivity index (χ0n) is 12.7. The van der Waals surface area contributed by atoms with Crippen molar-refractivity contribution in [1.82, 2.24) is 4.90 Å². The molecule has 1 unspecified atom stereocenters. The van der Waals surface area contributed by atoms with Gasteiger partial charge in [-0.05, 0) is 43.0 Å². The third-order valence-corrected chi connectivity index (χ3v) is 4.10. The molecule has 23 heavy (non-hydrogen) atoms. The van der Waals surface area contributed by atoms with Crippen LogP contribution in [-0.4, -0.2) is 23.4 Å². The molecule has 2 aromatic rings. The first-order valence-electron chi connectivity index (χ1n) is 7.50. The number of amides is 1. The van der Waals surface area contributed by atoms with Crippen molar-refractivity contribution in [3.8, 4) is 0 Å². The predicted molar refractivity (Wildman–Crippen MR) is 88.0 cm³/mol. The normalized spacial score (nSPS) is 17.1. The molecule has 6 heteroatoms. The number of halogens is 2. The van der Waals surface area contributed by atoms with Crippen LogP contribution < -0.4 is 5.73 Å². The van der Waals surface area contributed by atoms with E-state index in [0.717, 1.165) is 24.9 Å². The molecule has 124 valence electrons. The van der Waals surface area contributed by atoms with Gasteiger partial charge in [0.25, 0.3) is 5.91 Å². The number of furan rings is 1. The summed E-state index contributed by atoms with van der Waals surface area (Å²) in [5, 5.41) is 0. The van der Waals surface area contributed by atoms with Gasteiger partial charge in [-0.25, -0.2) is 4.39 Å². The van der Waals surface area contributed by atoms with Crippen LogP contribution >= 0.6 is 12.4 Å². The van der Waals surface area contributed by atoms with Crippen molar-refractivity contribution in [1.29, 1.82) is 0 Å². The van der Waals surface area contributed by atoms with E-state index in [4.69, 9.17) is 10.2 Å². The van der Waals surface area contributed by atoms with Crippen LogP contribution in [0.3, 0.4) is 0 Å². The summed E-state index contributed by atoms with van der Waals surface area (Å²) in [7, 11) is 0. The van der Waals surface area contributed by atoms with Crippen LogP contribution in [0.2, 0.25) is 0 Å². The Balaban J connectivity index is 0.00000192. The summed E-state index contributed by atoms with van der Waals surface area (Å²) in [6.45, 7) is 1.00.